The Hall–Kier alpha value is -2.65. The summed E-state index contributed by atoms with van der Waals surface area (Å²) in [4.78, 5) is 25.8. The molecule has 0 saturated carbocycles. The highest BCUT2D eigenvalue weighted by Crippen LogP contribution is 2.26. The highest BCUT2D eigenvalue weighted by Gasteiger charge is 2.23. The van der Waals surface area contributed by atoms with Gasteiger partial charge in [0.2, 0.25) is 0 Å². The molecule has 1 aliphatic rings. The monoisotopic (exact) mass is 377 g/mol. The van der Waals surface area contributed by atoms with E-state index in [1.54, 1.807) is 29.2 Å². The third-order valence-electron chi connectivity index (χ3n) is 4.41. The number of carboxylic acid groups (broad SMARTS) is 1. The first kappa shape index (κ1) is 18.2. The predicted molar refractivity (Wildman–Crippen MR) is 95.1 cm³/mol. The number of carboxylic acids is 1. The van der Waals surface area contributed by atoms with E-state index in [0.29, 0.717) is 15.1 Å². The van der Waals surface area contributed by atoms with E-state index in [4.69, 9.17) is 5.14 Å². The van der Waals surface area contributed by atoms with Crippen LogP contribution in [0.2, 0.25) is 0 Å². The number of hydrogen-bond donors (Lipinski definition) is 2. The molecule has 0 aliphatic carbocycles. The molecule has 9 heteroatoms. The summed E-state index contributed by atoms with van der Waals surface area (Å²) in [5.74, 6) is -1.47. The third-order valence-corrected chi connectivity index (χ3v) is 5.27. The zero-order valence-electron chi connectivity index (χ0n) is 14.0. The van der Waals surface area contributed by atoms with Crippen LogP contribution in [0.3, 0.4) is 0 Å². The molecule has 0 atom stereocenters. The fourth-order valence-corrected chi connectivity index (χ4v) is 3.80. The average Bonchev–Trinajstić information content (AvgIpc) is 3.08. The van der Waals surface area contributed by atoms with Crippen LogP contribution in [-0.4, -0.2) is 47.4 Å². The van der Waals surface area contributed by atoms with Crippen LogP contribution in [0.15, 0.2) is 36.5 Å². The zero-order chi connectivity index (χ0) is 18.9. The second kappa shape index (κ2) is 6.93. The number of amides is 1. The molecule has 1 amide bonds. The molecular formula is C17H19N3O5S. The van der Waals surface area contributed by atoms with E-state index in [-0.39, 0.29) is 11.5 Å². The van der Waals surface area contributed by atoms with Gasteiger partial charge in [0, 0.05) is 30.4 Å². The van der Waals surface area contributed by atoms with Crippen molar-refractivity contribution < 1.29 is 23.1 Å². The highest BCUT2D eigenvalue weighted by molar-refractivity contribution is 7.87. The van der Waals surface area contributed by atoms with E-state index < -0.39 is 21.9 Å². The van der Waals surface area contributed by atoms with Crippen molar-refractivity contribution in [2.24, 2.45) is 5.14 Å². The molecule has 26 heavy (non-hydrogen) atoms. The molecule has 0 spiro atoms. The second-order valence-corrected chi connectivity index (χ2v) is 7.58. The number of nitrogens with zero attached hydrogens (tertiary/aromatic N) is 2. The number of benzene rings is 1. The number of likely N-dealkylation sites (tertiary alicyclic amines) is 1. The summed E-state index contributed by atoms with van der Waals surface area (Å²) in [5.41, 5.74) is 0.768. The molecule has 138 valence electrons. The quantitative estimate of drug-likeness (QED) is 0.836. The van der Waals surface area contributed by atoms with Crippen LogP contribution in [0.25, 0.3) is 11.1 Å². The van der Waals surface area contributed by atoms with E-state index in [1.807, 2.05) is 0 Å². The summed E-state index contributed by atoms with van der Waals surface area (Å²) in [7, 11) is -4.23. The molecule has 2 heterocycles. The maximum Gasteiger partial charge on any atom is 0.354 e. The molecule has 3 N–H and O–H groups in total. The first-order valence-electron chi connectivity index (χ1n) is 8.16. The summed E-state index contributed by atoms with van der Waals surface area (Å²) in [5, 5.41) is 14.4. The number of carbonyl (C=O) groups is 2. The fourth-order valence-electron chi connectivity index (χ4n) is 3.14. The van der Waals surface area contributed by atoms with E-state index in [2.05, 4.69) is 0 Å². The van der Waals surface area contributed by atoms with Crippen molar-refractivity contribution in [3.63, 3.8) is 0 Å². The van der Waals surface area contributed by atoms with Gasteiger partial charge in [0.1, 0.15) is 0 Å². The van der Waals surface area contributed by atoms with Crippen LogP contribution >= 0.6 is 0 Å². The largest absolute Gasteiger partial charge is 0.477 e. The molecular weight excluding hydrogens is 358 g/mol. The smallest absolute Gasteiger partial charge is 0.354 e. The van der Waals surface area contributed by atoms with Crippen molar-refractivity contribution in [1.82, 2.24) is 8.87 Å². The summed E-state index contributed by atoms with van der Waals surface area (Å²) in [6.45, 7) is 1.47. The Kier molecular flexibility index (Phi) is 4.84. The van der Waals surface area contributed by atoms with Gasteiger partial charge in [-0.1, -0.05) is 12.1 Å². The van der Waals surface area contributed by atoms with E-state index in [9.17, 15) is 23.1 Å². The van der Waals surface area contributed by atoms with Gasteiger partial charge in [-0.25, -0.2) is 13.9 Å². The highest BCUT2D eigenvalue weighted by atomic mass is 32.2. The first-order valence-corrected chi connectivity index (χ1v) is 9.67. The summed E-state index contributed by atoms with van der Waals surface area (Å²) < 4.78 is 23.6. The number of carbonyl (C=O) groups excluding carboxylic acids is 1. The molecule has 2 aromatic rings. The Balaban J connectivity index is 1.93. The fraction of sp³-hybridized carbons (Fsp3) is 0.294. The number of rotatable bonds is 4. The molecule has 1 saturated heterocycles. The summed E-state index contributed by atoms with van der Waals surface area (Å²) in [6, 6.07) is 7.81. The molecule has 0 bridgehead atoms. The lowest BCUT2D eigenvalue weighted by Crippen LogP contribution is -2.35. The average molecular weight is 377 g/mol. The molecule has 0 radical (unpaired) electrons. The van der Waals surface area contributed by atoms with Gasteiger partial charge in [-0.05, 0) is 43.0 Å². The Morgan fingerprint density at radius 2 is 1.62 bits per heavy atom. The number of nitrogens with two attached hydrogens (primary N) is 1. The van der Waals surface area contributed by atoms with Crippen LogP contribution in [-0.2, 0) is 10.2 Å². The van der Waals surface area contributed by atoms with E-state index >= 15 is 0 Å². The van der Waals surface area contributed by atoms with Gasteiger partial charge in [0.25, 0.3) is 5.91 Å². The van der Waals surface area contributed by atoms with Crippen LogP contribution in [0, 0.1) is 0 Å². The minimum atomic E-state index is -4.23. The molecule has 1 aromatic carbocycles. The van der Waals surface area contributed by atoms with Crippen molar-refractivity contribution in [3.05, 3.63) is 47.8 Å². The maximum absolute atomic E-state index is 12.5. The minimum Gasteiger partial charge on any atom is -0.477 e. The topological polar surface area (TPSA) is 123 Å². The van der Waals surface area contributed by atoms with Gasteiger partial charge in [0.05, 0.1) is 0 Å². The summed E-state index contributed by atoms with van der Waals surface area (Å²) in [6.07, 6.45) is 4.21. The standard InChI is InChI=1S/C17H19N3O5S/c18-26(24,25)20-11-8-14(15(20)17(22)23)12-4-6-13(7-5-12)16(21)19-9-2-1-3-10-19/h4-8,11H,1-3,9-10H2,(H,22,23)(H2,18,24,25). The maximum atomic E-state index is 12.5. The lowest BCUT2D eigenvalue weighted by molar-refractivity contribution is 0.0688. The molecule has 3 rings (SSSR count). The SMILES string of the molecule is NS(=O)(=O)n1ccc(-c2ccc(C(=O)N3CCCCC3)cc2)c1C(=O)O. The van der Waals surface area contributed by atoms with Gasteiger partial charge >= 0.3 is 16.2 Å². The third kappa shape index (κ3) is 3.49. The van der Waals surface area contributed by atoms with Crippen LogP contribution in [0.4, 0.5) is 0 Å². The van der Waals surface area contributed by atoms with Crippen molar-refractivity contribution in [3.8, 4) is 11.1 Å². The van der Waals surface area contributed by atoms with E-state index in [1.165, 1.54) is 6.07 Å². The van der Waals surface area contributed by atoms with Crippen LogP contribution in [0.5, 0.6) is 0 Å². The van der Waals surface area contributed by atoms with Crippen molar-refractivity contribution in [2.75, 3.05) is 13.1 Å². The number of aromatic carboxylic acids is 1. The Morgan fingerprint density at radius 3 is 2.15 bits per heavy atom. The Labute approximate surface area is 151 Å². The molecule has 1 aromatic heterocycles. The van der Waals surface area contributed by atoms with Gasteiger partial charge < -0.3 is 10.0 Å². The molecule has 8 nitrogen and oxygen atoms in total. The second-order valence-electron chi connectivity index (χ2n) is 6.15. The minimum absolute atomic E-state index is 0.0585. The van der Waals surface area contributed by atoms with Crippen LogP contribution in [0.1, 0.15) is 40.1 Å². The van der Waals surface area contributed by atoms with E-state index in [0.717, 1.165) is 38.5 Å². The van der Waals surface area contributed by atoms with Crippen molar-refractivity contribution in [2.45, 2.75) is 19.3 Å². The number of piperidine rings is 1. The number of aromatic nitrogens is 1. The lowest BCUT2D eigenvalue weighted by atomic mass is 10.0. The Morgan fingerprint density at radius 1 is 1.00 bits per heavy atom. The van der Waals surface area contributed by atoms with Crippen molar-refractivity contribution in [1.29, 1.82) is 0 Å². The van der Waals surface area contributed by atoms with Crippen LogP contribution < -0.4 is 5.14 Å². The molecule has 1 fully saturated rings. The molecule has 0 unspecified atom stereocenters. The predicted octanol–water partition coefficient (Wildman–Crippen LogP) is 1.53. The van der Waals surface area contributed by atoms with Gasteiger partial charge in [-0.3, -0.25) is 4.79 Å². The lowest BCUT2D eigenvalue weighted by Gasteiger charge is -2.26. The van der Waals surface area contributed by atoms with Gasteiger partial charge in [-0.15, -0.1) is 0 Å². The number of hydrogen-bond acceptors (Lipinski definition) is 4. The zero-order valence-corrected chi connectivity index (χ0v) is 14.8. The summed E-state index contributed by atoms with van der Waals surface area (Å²) >= 11 is 0. The Bertz CT molecular complexity index is 941. The normalized spacial score (nSPS) is 15.0. The first-order chi connectivity index (χ1) is 12.3. The molecule has 1 aliphatic heterocycles. The van der Waals surface area contributed by atoms with Crippen molar-refractivity contribution >= 4 is 22.1 Å². The van der Waals surface area contributed by atoms with Gasteiger partial charge in [-0.2, -0.15) is 8.42 Å². The van der Waals surface area contributed by atoms with Gasteiger partial charge in [0.15, 0.2) is 5.69 Å².